The fraction of sp³-hybridized carbons (Fsp3) is 0.750. The summed E-state index contributed by atoms with van der Waals surface area (Å²) in [7, 11) is 0. The van der Waals surface area contributed by atoms with Crippen LogP contribution < -0.4 is 10.2 Å². The molecule has 2 saturated carbocycles. The lowest BCUT2D eigenvalue weighted by molar-refractivity contribution is 0.247. The van der Waals surface area contributed by atoms with Crippen LogP contribution in [0.25, 0.3) is 0 Å². The molecule has 3 fully saturated rings. The van der Waals surface area contributed by atoms with Crippen LogP contribution in [0.15, 0.2) is 6.20 Å². The van der Waals surface area contributed by atoms with Gasteiger partial charge in [-0.3, -0.25) is 4.90 Å². The van der Waals surface area contributed by atoms with Crippen molar-refractivity contribution in [2.75, 3.05) is 31.1 Å². The summed E-state index contributed by atoms with van der Waals surface area (Å²) in [5.74, 6) is 0.915. The highest BCUT2D eigenvalue weighted by Gasteiger charge is 2.31. The highest BCUT2D eigenvalue weighted by atomic mass is 15.3. The Morgan fingerprint density at radius 2 is 1.90 bits per heavy atom. The van der Waals surface area contributed by atoms with Crippen LogP contribution in [0.1, 0.15) is 36.9 Å². The second-order valence-corrected chi connectivity index (χ2v) is 6.69. The minimum absolute atomic E-state index is 0.736. The van der Waals surface area contributed by atoms with Gasteiger partial charge in [0.2, 0.25) is 5.95 Å². The van der Waals surface area contributed by atoms with Gasteiger partial charge in [-0.25, -0.2) is 9.97 Å². The summed E-state index contributed by atoms with van der Waals surface area (Å²) in [5.41, 5.74) is 2.36. The Hall–Kier alpha value is -1.20. The maximum absolute atomic E-state index is 4.74. The van der Waals surface area contributed by atoms with Gasteiger partial charge in [0.15, 0.2) is 0 Å². The first kappa shape index (κ1) is 13.5. The van der Waals surface area contributed by atoms with Crippen LogP contribution >= 0.6 is 0 Å². The monoisotopic (exact) mass is 287 g/mol. The topological polar surface area (TPSA) is 44.3 Å². The molecule has 0 radical (unpaired) electrons. The number of hydrogen-bond donors (Lipinski definition) is 1. The van der Waals surface area contributed by atoms with Gasteiger partial charge < -0.3 is 10.2 Å². The predicted molar refractivity (Wildman–Crippen MR) is 83.4 cm³/mol. The number of aromatic nitrogens is 2. The van der Waals surface area contributed by atoms with E-state index in [4.69, 9.17) is 4.98 Å². The molecule has 0 unspecified atom stereocenters. The van der Waals surface area contributed by atoms with Crippen LogP contribution in [0, 0.1) is 6.92 Å². The van der Waals surface area contributed by atoms with Crippen LogP contribution in [0.2, 0.25) is 0 Å². The number of rotatable bonds is 5. The lowest BCUT2D eigenvalue weighted by Gasteiger charge is -2.34. The van der Waals surface area contributed by atoms with Gasteiger partial charge in [0, 0.05) is 62.3 Å². The van der Waals surface area contributed by atoms with Crippen molar-refractivity contribution in [3.8, 4) is 0 Å². The van der Waals surface area contributed by atoms with Gasteiger partial charge in [-0.05, 0) is 32.6 Å². The van der Waals surface area contributed by atoms with Crippen LogP contribution in [0.4, 0.5) is 5.95 Å². The molecular formula is C16H25N5. The molecule has 1 aromatic rings. The largest absolute Gasteiger partial charge is 0.338 e. The second kappa shape index (κ2) is 5.54. The third-order valence-corrected chi connectivity index (χ3v) is 4.89. The highest BCUT2D eigenvalue weighted by molar-refractivity contribution is 5.33. The molecule has 1 N–H and O–H groups in total. The van der Waals surface area contributed by atoms with Crippen molar-refractivity contribution < 1.29 is 0 Å². The Balaban J connectivity index is 1.37. The van der Waals surface area contributed by atoms with Gasteiger partial charge in [0.05, 0.1) is 0 Å². The minimum atomic E-state index is 0.736. The fourth-order valence-electron chi connectivity index (χ4n) is 3.07. The fourth-order valence-corrected chi connectivity index (χ4v) is 3.07. The maximum atomic E-state index is 4.74. The SMILES string of the molecule is Cc1nc(N2CCN(C3CC3)CC2)ncc1CNC1CC1. The quantitative estimate of drug-likeness (QED) is 0.885. The van der Waals surface area contributed by atoms with Crippen molar-refractivity contribution in [1.82, 2.24) is 20.2 Å². The molecule has 0 atom stereocenters. The van der Waals surface area contributed by atoms with E-state index in [2.05, 4.69) is 27.0 Å². The van der Waals surface area contributed by atoms with Gasteiger partial charge >= 0.3 is 0 Å². The zero-order valence-electron chi connectivity index (χ0n) is 12.9. The van der Waals surface area contributed by atoms with Crippen molar-refractivity contribution in [2.24, 2.45) is 0 Å². The van der Waals surface area contributed by atoms with E-state index in [9.17, 15) is 0 Å². The minimum Gasteiger partial charge on any atom is -0.338 e. The summed E-state index contributed by atoms with van der Waals surface area (Å²) in [6.07, 6.45) is 7.46. The molecule has 3 aliphatic rings. The molecular weight excluding hydrogens is 262 g/mol. The molecule has 2 aliphatic carbocycles. The summed E-state index contributed by atoms with van der Waals surface area (Å²) >= 11 is 0. The van der Waals surface area contributed by atoms with Crippen molar-refractivity contribution in [3.05, 3.63) is 17.5 Å². The molecule has 0 bridgehead atoms. The van der Waals surface area contributed by atoms with Gasteiger partial charge in [0.25, 0.3) is 0 Å². The van der Waals surface area contributed by atoms with Gasteiger partial charge in [-0.1, -0.05) is 0 Å². The average Bonchev–Trinajstić information content (AvgIpc) is 3.39. The first-order chi connectivity index (χ1) is 10.3. The number of aryl methyl sites for hydroxylation is 1. The van der Waals surface area contributed by atoms with Crippen molar-refractivity contribution >= 4 is 5.95 Å². The molecule has 4 rings (SSSR count). The molecule has 1 saturated heterocycles. The molecule has 1 aromatic heterocycles. The van der Waals surface area contributed by atoms with Crippen molar-refractivity contribution in [2.45, 2.75) is 51.2 Å². The number of hydrogen-bond acceptors (Lipinski definition) is 5. The normalized spacial score (nSPS) is 23.6. The van der Waals surface area contributed by atoms with Crippen molar-refractivity contribution in [1.29, 1.82) is 0 Å². The van der Waals surface area contributed by atoms with Crippen molar-refractivity contribution in [3.63, 3.8) is 0 Å². The van der Waals surface area contributed by atoms with E-state index in [1.165, 1.54) is 31.2 Å². The summed E-state index contributed by atoms with van der Waals surface area (Å²) in [6, 6.07) is 1.62. The van der Waals surface area contributed by atoms with Gasteiger partial charge in [0.1, 0.15) is 0 Å². The Bertz CT molecular complexity index is 501. The van der Waals surface area contributed by atoms with E-state index in [0.29, 0.717) is 0 Å². The molecule has 5 heteroatoms. The summed E-state index contributed by atoms with van der Waals surface area (Å²) in [4.78, 5) is 14.3. The van der Waals surface area contributed by atoms with E-state index >= 15 is 0 Å². The Labute approximate surface area is 126 Å². The molecule has 1 aliphatic heterocycles. The van der Waals surface area contributed by atoms with Gasteiger partial charge in [-0.15, -0.1) is 0 Å². The number of nitrogens with one attached hydrogen (secondary N) is 1. The van der Waals surface area contributed by atoms with Crippen LogP contribution in [0.5, 0.6) is 0 Å². The smallest absolute Gasteiger partial charge is 0.225 e. The summed E-state index contributed by atoms with van der Waals surface area (Å²) in [6.45, 7) is 7.48. The lowest BCUT2D eigenvalue weighted by atomic mass is 10.2. The lowest BCUT2D eigenvalue weighted by Crippen LogP contribution is -2.47. The molecule has 0 aromatic carbocycles. The Morgan fingerprint density at radius 3 is 2.52 bits per heavy atom. The average molecular weight is 287 g/mol. The first-order valence-corrected chi connectivity index (χ1v) is 8.34. The first-order valence-electron chi connectivity index (χ1n) is 8.34. The third kappa shape index (κ3) is 3.19. The predicted octanol–water partition coefficient (Wildman–Crippen LogP) is 1.32. The molecule has 114 valence electrons. The summed E-state index contributed by atoms with van der Waals surface area (Å²) < 4.78 is 0. The number of anilines is 1. The highest BCUT2D eigenvalue weighted by Crippen LogP contribution is 2.28. The number of nitrogens with zero attached hydrogens (tertiary/aromatic N) is 4. The summed E-state index contributed by atoms with van der Waals surface area (Å²) in [5, 5.41) is 3.54. The third-order valence-electron chi connectivity index (χ3n) is 4.89. The van der Waals surface area contributed by atoms with Crippen LogP contribution in [-0.2, 0) is 6.54 Å². The zero-order chi connectivity index (χ0) is 14.2. The number of piperazine rings is 1. The van der Waals surface area contributed by atoms with E-state index in [1.807, 2.05) is 6.20 Å². The van der Waals surface area contributed by atoms with Crippen LogP contribution in [-0.4, -0.2) is 53.1 Å². The Kier molecular flexibility index (Phi) is 3.55. The maximum Gasteiger partial charge on any atom is 0.225 e. The Morgan fingerprint density at radius 1 is 1.14 bits per heavy atom. The zero-order valence-corrected chi connectivity index (χ0v) is 12.9. The standard InChI is InChI=1S/C16H25N5/c1-12-13(10-17-14-2-3-14)11-18-16(19-12)21-8-6-20(7-9-21)15-4-5-15/h11,14-15,17H,2-10H2,1H3. The van der Waals surface area contributed by atoms with E-state index in [-0.39, 0.29) is 0 Å². The molecule has 0 amide bonds. The van der Waals surface area contributed by atoms with Crippen LogP contribution in [0.3, 0.4) is 0 Å². The molecule has 5 nitrogen and oxygen atoms in total. The van der Waals surface area contributed by atoms with E-state index < -0.39 is 0 Å². The van der Waals surface area contributed by atoms with E-state index in [0.717, 1.165) is 56.4 Å². The van der Waals surface area contributed by atoms with E-state index in [1.54, 1.807) is 0 Å². The van der Waals surface area contributed by atoms with Gasteiger partial charge in [-0.2, -0.15) is 0 Å². The molecule has 2 heterocycles. The molecule has 21 heavy (non-hydrogen) atoms. The molecule has 0 spiro atoms. The second-order valence-electron chi connectivity index (χ2n) is 6.69.